The Morgan fingerprint density at radius 2 is 1.43 bits per heavy atom. The van der Waals surface area contributed by atoms with Crippen LogP contribution < -0.4 is 16.0 Å². The van der Waals surface area contributed by atoms with E-state index in [1.54, 1.807) is 34.6 Å². The average molecular weight is 497 g/mol. The van der Waals surface area contributed by atoms with E-state index in [4.69, 9.17) is 9.47 Å². The van der Waals surface area contributed by atoms with E-state index in [0.29, 0.717) is 11.1 Å². The molecule has 0 bridgehead atoms. The van der Waals surface area contributed by atoms with E-state index in [0.717, 1.165) is 13.8 Å². The molecule has 0 heterocycles. The van der Waals surface area contributed by atoms with Gasteiger partial charge in [-0.1, -0.05) is 12.7 Å². The fourth-order valence-corrected chi connectivity index (χ4v) is 2.46. The van der Waals surface area contributed by atoms with Gasteiger partial charge < -0.3 is 20.1 Å². The molecular formula is C23H36N4O8. The average Bonchev–Trinajstić information content (AvgIpc) is 2.69. The monoisotopic (exact) mass is 496 g/mol. The summed E-state index contributed by atoms with van der Waals surface area (Å²) in [5, 5.41) is 18.6. The van der Waals surface area contributed by atoms with Crippen molar-refractivity contribution in [1.82, 2.24) is 16.0 Å². The van der Waals surface area contributed by atoms with Crippen molar-refractivity contribution in [2.45, 2.75) is 79.5 Å². The molecule has 0 aliphatic rings. The molecule has 0 saturated heterocycles. The number of hydrogen-bond donors (Lipinski definition) is 3. The van der Waals surface area contributed by atoms with Gasteiger partial charge in [-0.15, -0.1) is 0 Å². The Balaban J connectivity index is 5.93. The molecular weight excluding hydrogens is 460 g/mol. The van der Waals surface area contributed by atoms with Gasteiger partial charge in [0.1, 0.15) is 23.6 Å². The van der Waals surface area contributed by atoms with Crippen LogP contribution in [-0.2, 0) is 23.9 Å². The van der Waals surface area contributed by atoms with Gasteiger partial charge in [0.05, 0.1) is 0 Å². The summed E-state index contributed by atoms with van der Waals surface area (Å²) in [6, 6.07) is -1.68. The molecule has 12 heteroatoms. The van der Waals surface area contributed by atoms with Crippen molar-refractivity contribution in [3.8, 4) is 0 Å². The van der Waals surface area contributed by atoms with Gasteiger partial charge >= 0.3 is 12.1 Å². The number of esters is 1. The summed E-state index contributed by atoms with van der Waals surface area (Å²) < 4.78 is 10.1. The maximum absolute atomic E-state index is 13.0. The predicted molar refractivity (Wildman–Crippen MR) is 128 cm³/mol. The number of nitro groups is 1. The van der Waals surface area contributed by atoms with E-state index < -0.39 is 46.0 Å². The van der Waals surface area contributed by atoms with Gasteiger partial charge in [0, 0.05) is 18.8 Å². The number of rotatable bonds is 10. The number of nitrogens with one attached hydrogen (secondary N) is 3. The number of alkyl carbamates (subject to hydrolysis) is 1. The van der Waals surface area contributed by atoms with E-state index in [-0.39, 0.29) is 18.0 Å². The van der Waals surface area contributed by atoms with Crippen LogP contribution in [0.4, 0.5) is 4.79 Å². The first-order valence-electron chi connectivity index (χ1n) is 10.7. The molecule has 3 N–H and O–H groups in total. The van der Waals surface area contributed by atoms with Crippen molar-refractivity contribution in [3.05, 3.63) is 45.3 Å². The topological polar surface area (TPSA) is 166 Å². The summed E-state index contributed by atoms with van der Waals surface area (Å²) in [5.74, 6) is -2.84. The molecule has 0 aliphatic heterocycles. The minimum Gasteiger partial charge on any atom is -0.460 e. The van der Waals surface area contributed by atoms with Crippen LogP contribution >= 0.6 is 0 Å². The molecule has 0 aromatic carbocycles. The van der Waals surface area contributed by atoms with Crippen molar-refractivity contribution >= 4 is 23.9 Å². The largest absolute Gasteiger partial charge is 0.460 e. The van der Waals surface area contributed by atoms with Crippen LogP contribution in [-0.4, -0.2) is 52.6 Å². The van der Waals surface area contributed by atoms with Crippen molar-refractivity contribution in [1.29, 1.82) is 0 Å². The summed E-state index contributed by atoms with van der Waals surface area (Å²) in [5.41, 5.74) is -2.41. The first-order chi connectivity index (χ1) is 15.8. The molecule has 0 rings (SSSR count). The van der Waals surface area contributed by atoms with E-state index in [9.17, 15) is 29.3 Å². The van der Waals surface area contributed by atoms with Crippen LogP contribution in [0.1, 0.15) is 62.3 Å². The number of carbonyl (C=O) groups is 4. The molecule has 0 aromatic heterocycles. The van der Waals surface area contributed by atoms with Gasteiger partial charge in [-0.2, -0.15) is 0 Å². The van der Waals surface area contributed by atoms with Gasteiger partial charge in [0.15, 0.2) is 6.04 Å². The Labute approximate surface area is 205 Å². The molecule has 0 fully saturated rings. The second-order valence-electron chi connectivity index (χ2n) is 9.57. The Kier molecular flexibility index (Phi) is 11.3. The summed E-state index contributed by atoms with van der Waals surface area (Å²) >= 11 is 0. The van der Waals surface area contributed by atoms with Crippen LogP contribution in [0.15, 0.2) is 35.2 Å². The fourth-order valence-electron chi connectivity index (χ4n) is 2.46. The van der Waals surface area contributed by atoms with E-state index >= 15 is 0 Å². The van der Waals surface area contributed by atoms with E-state index in [1.165, 1.54) is 19.9 Å². The number of amides is 3. The molecule has 0 aromatic rings. The van der Waals surface area contributed by atoms with Crippen LogP contribution in [0.3, 0.4) is 0 Å². The molecule has 12 nitrogen and oxygen atoms in total. The van der Waals surface area contributed by atoms with Crippen molar-refractivity contribution in [3.63, 3.8) is 0 Å². The minimum absolute atomic E-state index is 0.154. The van der Waals surface area contributed by atoms with Gasteiger partial charge in [-0.3, -0.25) is 25.0 Å². The molecule has 0 aliphatic carbocycles. The summed E-state index contributed by atoms with van der Waals surface area (Å²) in [6.45, 7) is 16.6. The SMILES string of the molecule is C=CCOC(=O)C(NC(=O)C(NC(=O)C(NC(=O)OC(C)(C)C)=C(C)C)=C(C)C)C(C)(C)[N+](=O)[O-]. The molecule has 35 heavy (non-hydrogen) atoms. The first-order valence-corrected chi connectivity index (χ1v) is 10.7. The third-order valence-corrected chi connectivity index (χ3v) is 4.35. The number of carbonyl (C=O) groups excluding carboxylic acids is 4. The Bertz CT molecular complexity index is 934. The lowest BCUT2D eigenvalue weighted by molar-refractivity contribution is -0.562. The van der Waals surface area contributed by atoms with Crippen molar-refractivity contribution in [2.75, 3.05) is 6.61 Å². The summed E-state index contributed by atoms with van der Waals surface area (Å²) in [6.07, 6.45) is 0.404. The number of ether oxygens (including phenoxy) is 2. The van der Waals surface area contributed by atoms with Gasteiger partial charge in [-0.25, -0.2) is 9.59 Å². The second kappa shape index (κ2) is 12.7. The lowest BCUT2D eigenvalue weighted by Crippen LogP contribution is -2.59. The van der Waals surface area contributed by atoms with Gasteiger partial charge in [-0.05, 0) is 59.6 Å². The zero-order chi connectivity index (χ0) is 27.7. The maximum Gasteiger partial charge on any atom is 0.412 e. The smallest absolute Gasteiger partial charge is 0.412 e. The predicted octanol–water partition coefficient (Wildman–Crippen LogP) is 2.48. The second-order valence-corrected chi connectivity index (χ2v) is 9.57. The van der Waals surface area contributed by atoms with Crippen LogP contribution in [0.25, 0.3) is 0 Å². The van der Waals surface area contributed by atoms with Crippen LogP contribution in [0, 0.1) is 10.1 Å². The third-order valence-electron chi connectivity index (χ3n) is 4.35. The maximum atomic E-state index is 13.0. The molecule has 3 amide bonds. The molecule has 0 radical (unpaired) electrons. The zero-order valence-electron chi connectivity index (χ0n) is 21.8. The molecule has 0 spiro atoms. The summed E-state index contributed by atoms with van der Waals surface area (Å²) in [4.78, 5) is 61.4. The van der Waals surface area contributed by atoms with Gasteiger partial charge in [0.25, 0.3) is 11.8 Å². The normalized spacial score (nSPS) is 11.8. The highest BCUT2D eigenvalue weighted by molar-refractivity contribution is 6.05. The van der Waals surface area contributed by atoms with Crippen molar-refractivity contribution < 1.29 is 33.6 Å². The van der Waals surface area contributed by atoms with Crippen LogP contribution in [0.5, 0.6) is 0 Å². The van der Waals surface area contributed by atoms with E-state index in [2.05, 4.69) is 22.5 Å². The molecule has 0 saturated carbocycles. The number of allylic oxidation sites excluding steroid dienone is 2. The summed E-state index contributed by atoms with van der Waals surface area (Å²) in [7, 11) is 0. The van der Waals surface area contributed by atoms with Crippen molar-refractivity contribution in [2.24, 2.45) is 0 Å². The molecule has 196 valence electrons. The lowest BCUT2D eigenvalue weighted by Gasteiger charge is -2.26. The highest BCUT2D eigenvalue weighted by Crippen LogP contribution is 2.17. The molecule has 1 atom stereocenters. The highest BCUT2D eigenvalue weighted by atomic mass is 16.6. The standard InChI is InChI=1S/C23H36N4O8/c1-11-12-34-20(30)17(23(9,10)27(32)33)26-19(29)15(13(2)3)24-18(28)16(14(4)5)25-21(31)35-22(6,7)8/h11,17H,1,12H2,2-10H3,(H,24,28)(H,25,31)(H,26,29). The quantitative estimate of drug-likeness (QED) is 0.136. The Morgan fingerprint density at radius 1 is 0.943 bits per heavy atom. The first kappa shape index (κ1) is 31.3. The Morgan fingerprint density at radius 3 is 1.83 bits per heavy atom. The third kappa shape index (κ3) is 9.98. The lowest BCUT2D eigenvalue weighted by atomic mass is 9.95. The zero-order valence-corrected chi connectivity index (χ0v) is 21.8. The fraction of sp³-hybridized carbons (Fsp3) is 0.565. The minimum atomic E-state index is -1.94. The Hall–Kier alpha value is -3.70. The number of hydrogen-bond acceptors (Lipinski definition) is 8. The number of nitrogens with zero attached hydrogens (tertiary/aromatic N) is 1. The molecule has 1 unspecified atom stereocenters. The van der Waals surface area contributed by atoms with Gasteiger partial charge in [0.2, 0.25) is 5.54 Å². The van der Waals surface area contributed by atoms with E-state index in [1.807, 2.05) is 0 Å². The highest BCUT2D eigenvalue weighted by Gasteiger charge is 2.48. The van der Waals surface area contributed by atoms with Crippen LogP contribution in [0.2, 0.25) is 0 Å².